The maximum Gasteiger partial charge on any atom is 0.275 e. The molecular formula is C13H14ClN3O2S. The number of halogens is 1. The third-order valence-electron chi connectivity index (χ3n) is 2.57. The van der Waals surface area contributed by atoms with Crippen molar-refractivity contribution in [1.82, 2.24) is 4.98 Å². The molecule has 5 nitrogen and oxygen atoms in total. The van der Waals surface area contributed by atoms with Crippen LogP contribution < -0.4 is 15.8 Å². The number of rotatable bonds is 4. The van der Waals surface area contributed by atoms with Gasteiger partial charge in [-0.3, -0.25) is 4.79 Å². The third kappa shape index (κ3) is 3.27. The van der Waals surface area contributed by atoms with E-state index in [0.29, 0.717) is 27.2 Å². The lowest BCUT2D eigenvalue weighted by atomic mass is 10.3. The van der Waals surface area contributed by atoms with Crippen molar-refractivity contribution in [3.63, 3.8) is 0 Å². The number of benzene rings is 1. The van der Waals surface area contributed by atoms with Crippen molar-refractivity contribution >= 4 is 34.5 Å². The Labute approximate surface area is 125 Å². The molecule has 1 unspecified atom stereocenters. The predicted octanol–water partition coefficient (Wildman–Crippen LogP) is 3.08. The molecule has 0 aliphatic carbocycles. The van der Waals surface area contributed by atoms with Crippen molar-refractivity contribution in [3.05, 3.63) is 39.3 Å². The van der Waals surface area contributed by atoms with Gasteiger partial charge in [0, 0.05) is 11.4 Å². The van der Waals surface area contributed by atoms with Gasteiger partial charge in [-0.1, -0.05) is 11.6 Å². The number of ether oxygens (including phenoxy) is 1. The smallest absolute Gasteiger partial charge is 0.275 e. The van der Waals surface area contributed by atoms with Gasteiger partial charge in [0.25, 0.3) is 5.91 Å². The number of carbonyl (C=O) groups is 1. The van der Waals surface area contributed by atoms with E-state index >= 15 is 0 Å². The van der Waals surface area contributed by atoms with Crippen LogP contribution in [-0.4, -0.2) is 18.0 Å². The van der Waals surface area contributed by atoms with E-state index in [-0.39, 0.29) is 11.9 Å². The first-order valence-electron chi connectivity index (χ1n) is 5.87. The van der Waals surface area contributed by atoms with Gasteiger partial charge in [0.15, 0.2) is 0 Å². The molecule has 0 aliphatic rings. The quantitative estimate of drug-likeness (QED) is 0.909. The van der Waals surface area contributed by atoms with Crippen LogP contribution in [0.15, 0.2) is 23.6 Å². The van der Waals surface area contributed by atoms with E-state index < -0.39 is 0 Å². The Morgan fingerprint density at radius 1 is 1.55 bits per heavy atom. The van der Waals surface area contributed by atoms with Crippen molar-refractivity contribution in [2.24, 2.45) is 5.73 Å². The van der Waals surface area contributed by atoms with Gasteiger partial charge in [0.05, 0.1) is 23.9 Å². The van der Waals surface area contributed by atoms with E-state index in [0.717, 1.165) is 0 Å². The van der Waals surface area contributed by atoms with Crippen molar-refractivity contribution in [2.75, 3.05) is 12.4 Å². The summed E-state index contributed by atoms with van der Waals surface area (Å²) in [6.07, 6.45) is 0. The van der Waals surface area contributed by atoms with Crippen LogP contribution in [0.5, 0.6) is 5.75 Å². The van der Waals surface area contributed by atoms with E-state index in [1.807, 2.05) is 6.92 Å². The summed E-state index contributed by atoms with van der Waals surface area (Å²) in [4.78, 5) is 16.3. The van der Waals surface area contributed by atoms with E-state index in [1.165, 1.54) is 11.3 Å². The lowest BCUT2D eigenvalue weighted by Gasteiger charge is -2.08. The topological polar surface area (TPSA) is 77.2 Å². The highest BCUT2D eigenvalue weighted by atomic mass is 35.5. The molecule has 2 aromatic rings. The number of anilines is 1. The molecule has 3 N–H and O–H groups in total. The summed E-state index contributed by atoms with van der Waals surface area (Å²) in [5, 5.41) is 5.52. The molecule has 2 rings (SSSR count). The highest BCUT2D eigenvalue weighted by Gasteiger charge is 2.14. The van der Waals surface area contributed by atoms with Crippen LogP contribution in [-0.2, 0) is 0 Å². The van der Waals surface area contributed by atoms with E-state index in [4.69, 9.17) is 22.1 Å². The van der Waals surface area contributed by atoms with Crippen molar-refractivity contribution < 1.29 is 9.53 Å². The van der Waals surface area contributed by atoms with Crippen LogP contribution >= 0.6 is 22.9 Å². The predicted molar refractivity (Wildman–Crippen MR) is 80.7 cm³/mol. The Bertz CT molecular complexity index is 628. The summed E-state index contributed by atoms with van der Waals surface area (Å²) in [7, 11) is 1.55. The Morgan fingerprint density at radius 2 is 2.30 bits per heavy atom. The Morgan fingerprint density at radius 3 is 2.90 bits per heavy atom. The first-order chi connectivity index (χ1) is 9.51. The molecule has 0 bridgehead atoms. The number of nitrogens with one attached hydrogen (secondary N) is 1. The van der Waals surface area contributed by atoms with Crippen molar-refractivity contribution in [1.29, 1.82) is 0 Å². The molecule has 0 saturated heterocycles. The molecule has 0 aliphatic heterocycles. The fourth-order valence-electron chi connectivity index (χ4n) is 1.51. The average Bonchev–Trinajstić information content (AvgIpc) is 2.91. The summed E-state index contributed by atoms with van der Waals surface area (Å²) >= 11 is 7.39. The summed E-state index contributed by atoms with van der Waals surface area (Å²) in [6.45, 7) is 1.82. The molecule has 106 valence electrons. The number of hydrogen-bond donors (Lipinski definition) is 2. The van der Waals surface area contributed by atoms with Gasteiger partial charge in [0.1, 0.15) is 16.5 Å². The second-order valence-electron chi connectivity index (χ2n) is 4.16. The van der Waals surface area contributed by atoms with Crippen LogP contribution in [0.25, 0.3) is 0 Å². The number of aromatic nitrogens is 1. The zero-order valence-electron chi connectivity index (χ0n) is 11.0. The van der Waals surface area contributed by atoms with Crippen LogP contribution in [0, 0.1) is 0 Å². The number of methoxy groups -OCH3 is 1. The van der Waals surface area contributed by atoms with E-state index in [2.05, 4.69) is 10.3 Å². The molecule has 20 heavy (non-hydrogen) atoms. The summed E-state index contributed by atoms with van der Waals surface area (Å²) in [5.74, 6) is 0.280. The zero-order valence-corrected chi connectivity index (χ0v) is 12.6. The second kappa shape index (κ2) is 6.21. The fraction of sp³-hybridized carbons (Fsp3) is 0.231. The molecule has 1 aromatic carbocycles. The molecule has 1 atom stereocenters. The molecule has 0 saturated carbocycles. The van der Waals surface area contributed by atoms with Crippen LogP contribution in [0.3, 0.4) is 0 Å². The van der Waals surface area contributed by atoms with Gasteiger partial charge >= 0.3 is 0 Å². The largest absolute Gasteiger partial charge is 0.497 e. The molecule has 0 spiro atoms. The number of nitrogens with two attached hydrogens (primary N) is 1. The van der Waals surface area contributed by atoms with Crippen LogP contribution in [0.1, 0.15) is 28.5 Å². The summed E-state index contributed by atoms with van der Waals surface area (Å²) < 4.78 is 5.09. The second-order valence-corrected chi connectivity index (χ2v) is 5.46. The van der Waals surface area contributed by atoms with Gasteiger partial charge in [-0.05, 0) is 19.1 Å². The van der Waals surface area contributed by atoms with Gasteiger partial charge in [-0.15, -0.1) is 11.3 Å². The van der Waals surface area contributed by atoms with Gasteiger partial charge < -0.3 is 15.8 Å². The number of amides is 1. The molecular weight excluding hydrogens is 298 g/mol. The molecule has 1 aromatic heterocycles. The minimum atomic E-state index is -0.330. The van der Waals surface area contributed by atoms with Gasteiger partial charge in [-0.25, -0.2) is 4.98 Å². The SMILES string of the molecule is COc1ccc(Cl)c(NC(=O)c2csc(C(C)N)n2)c1. The lowest BCUT2D eigenvalue weighted by molar-refractivity contribution is 0.102. The molecule has 7 heteroatoms. The highest BCUT2D eigenvalue weighted by Crippen LogP contribution is 2.27. The van der Waals surface area contributed by atoms with E-state index in [1.54, 1.807) is 30.7 Å². The molecule has 0 radical (unpaired) electrons. The minimum Gasteiger partial charge on any atom is -0.497 e. The monoisotopic (exact) mass is 311 g/mol. The Hall–Kier alpha value is -1.63. The number of hydrogen-bond acceptors (Lipinski definition) is 5. The number of nitrogens with zero attached hydrogens (tertiary/aromatic N) is 1. The Kier molecular flexibility index (Phi) is 4.59. The van der Waals surface area contributed by atoms with Crippen molar-refractivity contribution in [2.45, 2.75) is 13.0 Å². The van der Waals surface area contributed by atoms with Gasteiger partial charge in [-0.2, -0.15) is 0 Å². The zero-order chi connectivity index (χ0) is 14.7. The molecule has 1 amide bonds. The Balaban J connectivity index is 2.18. The molecule has 0 fully saturated rings. The fourth-order valence-corrected chi connectivity index (χ4v) is 2.44. The third-order valence-corrected chi connectivity index (χ3v) is 3.94. The first-order valence-corrected chi connectivity index (χ1v) is 7.13. The van der Waals surface area contributed by atoms with Crippen LogP contribution in [0.2, 0.25) is 5.02 Å². The van der Waals surface area contributed by atoms with Gasteiger partial charge in [0.2, 0.25) is 0 Å². The van der Waals surface area contributed by atoms with E-state index in [9.17, 15) is 4.79 Å². The maximum atomic E-state index is 12.1. The molecule has 1 heterocycles. The average molecular weight is 312 g/mol. The number of thiazole rings is 1. The standard InChI is InChI=1S/C13H14ClN3O2S/c1-7(15)13-17-11(6-20-13)12(18)16-10-5-8(19-2)3-4-9(10)14/h3-7H,15H2,1-2H3,(H,16,18). The summed E-state index contributed by atoms with van der Waals surface area (Å²) in [5.41, 5.74) is 6.52. The van der Waals surface area contributed by atoms with Crippen molar-refractivity contribution in [3.8, 4) is 5.75 Å². The normalized spacial score (nSPS) is 12.0. The summed E-state index contributed by atoms with van der Waals surface area (Å²) in [6, 6.07) is 4.83. The first kappa shape index (κ1) is 14.8. The van der Waals surface area contributed by atoms with Crippen LogP contribution in [0.4, 0.5) is 5.69 Å². The maximum absolute atomic E-state index is 12.1. The lowest BCUT2D eigenvalue weighted by Crippen LogP contribution is -2.13. The number of carbonyl (C=O) groups excluding carboxylic acids is 1. The minimum absolute atomic E-state index is 0.193. The highest BCUT2D eigenvalue weighted by molar-refractivity contribution is 7.09.